The van der Waals surface area contributed by atoms with Crippen molar-refractivity contribution < 1.29 is 13.3 Å². The molecule has 9 heteroatoms. The first-order valence-electron chi connectivity index (χ1n) is 3.41. The van der Waals surface area contributed by atoms with Gasteiger partial charge in [-0.05, 0) is 22.0 Å². The highest BCUT2D eigenvalue weighted by Crippen LogP contribution is 2.33. The average molecular weight is 316 g/mol. The molecule has 0 bridgehead atoms. The molecule has 0 aliphatic carbocycles. The average Bonchev–Trinajstić information content (AvgIpc) is 2.06. The molecule has 0 spiro atoms. The van der Waals surface area contributed by atoms with Gasteiger partial charge in [0.2, 0.25) is 0 Å². The Kier molecular flexibility index (Phi) is 3.22. The summed E-state index contributed by atoms with van der Waals surface area (Å²) in [5, 5.41) is 10.5. The van der Waals surface area contributed by atoms with E-state index in [1.165, 1.54) is 0 Å². The van der Waals surface area contributed by atoms with Gasteiger partial charge in [0.1, 0.15) is 5.69 Å². The van der Waals surface area contributed by atoms with Gasteiger partial charge in [-0.3, -0.25) is 10.1 Å². The molecule has 0 heterocycles. The van der Waals surface area contributed by atoms with Crippen molar-refractivity contribution in [3.05, 3.63) is 26.7 Å². The lowest BCUT2D eigenvalue weighted by molar-refractivity contribution is -0.384. The van der Waals surface area contributed by atoms with Crippen molar-refractivity contribution in [3.63, 3.8) is 0 Å². The highest BCUT2D eigenvalue weighted by molar-refractivity contribution is 9.10. The maximum absolute atomic E-state index is 11.0. The number of nitrogen functional groups attached to an aromatic ring is 1. The Bertz CT molecular complexity index is 530. The van der Waals surface area contributed by atoms with E-state index in [0.29, 0.717) is 0 Å². The molecule has 1 rings (SSSR count). The molecule has 0 aliphatic heterocycles. The summed E-state index contributed by atoms with van der Waals surface area (Å²) in [5.74, 6) is 0. The van der Waals surface area contributed by atoms with Crippen LogP contribution in [-0.4, -0.2) is 13.3 Å². The number of hydrogen-bond acceptors (Lipinski definition) is 5. The Labute approximate surface area is 97.7 Å². The van der Waals surface area contributed by atoms with Crippen molar-refractivity contribution in [2.45, 2.75) is 4.90 Å². The molecule has 0 saturated heterocycles. The summed E-state index contributed by atoms with van der Waals surface area (Å²) < 4.78 is 22.0. The summed E-state index contributed by atoms with van der Waals surface area (Å²) in [5.41, 5.74) is 4.71. The van der Waals surface area contributed by atoms with Gasteiger partial charge >= 0.3 is 0 Å². The Morgan fingerprint density at radius 2 is 2.00 bits per heavy atom. The second kappa shape index (κ2) is 3.95. The number of nitrogens with two attached hydrogens (primary N) is 1. The van der Waals surface area contributed by atoms with E-state index in [-0.39, 0.29) is 15.1 Å². The second-order valence-electron chi connectivity index (χ2n) is 2.53. The number of benzene rings is 1. The minimum atomic E-state index is -4.02. The maximum atomic E-state index is 11.0. The highest BCUT2D eigenvalue weighted by atomic mass is 79.9. The third-order valence-electron chi connectivity index (χ3n) is 1.56. The second-order valence-corrected chi connectivity index (χ2v) is 5.95. The van der Waals surface area contributed by atoms with Gasteiger partial charge in [0.05, 0.1) is 9.82 Å². The molecule has 1 aromatic rings. The largest absolute Gasteiger partial charge is 0.392 e. The molecule has 0 atom stereocenters. The van der Waals surface area contributed by atoms with Gasteiger partial charge in [-0.15, -0.1) is 0 Å². The number of nitro benzene ring substituents is 1. The smallest absolute Gasteiger partial charge is 0.294 e. The summed E-state index contributed by atoms with van der Waals surface area (Å²) in [6, 6.07) is 1.91. The summed E-state index contributed by atoms with van der Waals surface area (Å²) in [6.45, 7) is 0. The number of hydrogen-bond donors (Lipinski definition) is 1. The third-order valence-corrected chi connectivity index (χ3v) is 3.55. The van der Waals surface area contributed by atoms with Crippen LogP contribution in [0.15, 0.2) is 21.5 Å². The van der Waals surface area contributed by atoms with E-state index >= 15 is 0 Å². The molecule has 82 valence electrons. The Morgan fingerprint density at radius 3 is 2.40 bits per heavy atom. The minimum Gasteiger partial charge on any atom is -0.392 e. The van der Waals surface area contributed by atoms with Crippen LogP contribution in [0.2, 0.25) is 0 Å². The van der Waals surface area contributed by atoms with Gasteiger partial charge in [-0.1, -0.05) is 0 Å². The van der Waals surface area contributed by atoms with Crippen LogP contribution in [0.4, 0.5) is 11.4 Å². The van der Waals surface area contributed by atoms with Crippen LogP contribution in [0.3, 0.4) is 0 Å². The van der Waals surface area contributed by atoms with Gasteiger partial charge in [-0.25, -0.2) is 8.42 Å². The van der Waals surface area contributed by atoms with E-state index in [1.54, 1.807) is 0 Å². The lowest BCUT2D eigenvalue weighted by Crippen LogP contribution is -2.00. The molecule has 1 aromatic carbocycles. The molecule has 15 heavy (non-hydrogen) atoms. The van der Waals surface area contributed by atoms with Crippen molar-refractivity contribution in [3.8, 4) is 0 Å². The molecular weight excluding hydrogens is 312 g/mol. The van der Waals surface area contributed by atoms with Crippen molar-refractivity contribution in [2.24, 2.45) is 0 Å². The minimum absolute atomic E-state index is 0.107. The first kappa shape index (κ1) is 12.2. The third kappa shape index (κ3) is 2.58. The Hall–Kier alpha value is -0.860. The molecule has 0 amide bonds. The number of nitro groups is 1. The zero-order valence-electron chi connectivity index (χ0n) is 6.98. The van der Waals surface area contributed by atoms with E-state index in [4.69, 9.17) is 16.4 Å². The van der Waals surface area contributed by atoms with Crippen LogP contribution >= 0.6 is 26.6 Å². The van der Waals surface area contributed by atoms with Crippen molar-refractivity contribution in [1.82, 2.24) is 0 Å². The molecular formula is C6H4BrClN2O4S. The van der Waals surface area contributed by atoms with E-state index in [1.807, 2.05) is 0 Å². The van der Waals surface area contributed by atoms with E-state index in [9.17, 15) is 18.5 Å². The van der Waals surface area contributed by atoms with Crippen molar-refractivity contribution in [1.29, 1.82) is 0 Å². The molecule has 6 nitrogen and oxygen atoms in total. The lowest BCUT2D eigenvalue weighted by atomic mass is 10.3. The van der Waals surface area contributed by atoms with E-state index in [2.05, 4.69) is 15.9 Å². The summed E-state index contributed by atoms with van der Waals surface area (Å²) in [7, 11) is 1.03. The number of nitrogens with zero attached hydrogens (tertiary/aromatic N) is 1. The fourth-order valence-electron chi connectivity index (χ4n) is 0.871. The predicted octanol–water partition coefficient (Wildman–Crippen LogP) is 1.87. The fraction of sp³-hybridized carbons (Fsp3) is 0. The molecule has 2 N–H and O–H groups in total. The topological polar surface area (TPSA) is 103 Å². The Balaban J connectivity index is 3.57. The summed E-state index contributed by atoms with van der Waals surface area (Å²) in [4.78, 5) is 9.36. The number of anilines is 1. The predicted molar refractivity (Wildman–Crippen MR) is 58.2 cm³/mol. The fourth-order valence-corrected chi connectivity index (χ4v) is 2.25. The van der Waals surface area contributed by atoms with Crippen LogP contribution in [0, 0.1) is 10.1 Å². The molecule has 0 fully saturated rings. The molecule has 0 aliphatic rings. The monoisotopic (exact) mass is 314 g/mol. The highest BCUT2D eigenvalue weighted by Gasteiger charge is 2.21. The van der Waals surface area contributed by atoms with Crippen molar-refractivity contribution in [2.75, 3.05) is 5.73 Å². The zero-order valence-corrected chi connectivity index (χ0v) is 10.1. The summed E-state index contributed by atoms with van der Waals surface area (Å²) in [6.07, 6.45) is 0. The molecule has 0 unspecified atom stereocenters. The molecule has 0 saturated carbocycles. The molecule has 0 radical (unpaired) electrons. The van der Waals surface area contributed by atoms with E-state index in [0.717, 1.165) is 12.1 Å². The van der Waals surface area contributed by atoms with Crippen LogP contribution in [-0.2, 0) is 9.05 Å². The first-order chi connectivity index (χ1) is 6.73. The summed E-state index contributed by atoms with van der Waals surface area (Å²) >= 11 is 2.91. The van der Waals surface area contributed by atoms with Gasteiger partial charge in [0.15, 0.2) is 0 Å². The van der Waals surface area contributed by atoms with Crippen molar-refractivity contribution >= 4 is 47.0 Å². The van der Waals surface area contributed by atoms with Crippen LogP contribution in [0.1, 0.15) is 0 Å². The zero-order chi connectivity index (χ0) is 11.8. The number of halogens is 2. The van der Waals surface area contributed by atoms with Crippen LogP contribution in [0.5, 0.6) is 0 Å². The van der Waals surface area contributed by atoms with Gasteiger partial charge in [0.25, 0.3) is 14.7 Å². The van der Waals surface area contributed by atoms with Gasteiger partial charge in [0, 0.05) is 21.2 Å². The molecule has 0 aromatic heterocycles. The maximum Gasteiger partial charge on any atom is 0.294 e. The number of rotatable bonds is 2. The quantitative estimate of drug-likeness (QED) is 0.388. The van der Waals surface area contributed by atoms with Crippen LogP contribution < -0.4 is 5.73 Å². The van der Waals surface area contributed by atoms with Crippen LogP contribution in [0.25, 0.3) is 0 Å². The lowest BCUT2D eigenvalue weighted by Gasteiger charge is -2.02. The Morgan fingerprint density at radius 1 is 1.47 bits per heavy atom. The normalized spacial score (nSPS) is 11.3. The van der Waals surface area contributed by atoms with Gasteiger partial charge in [-0.2, -0.15) is 0 Å². The standard InChI is InChI=1S/C6H4BrClN2O4S/c7-4-1-3(15(8,13)14)2-5(6(4)9)10(11)12/h1-2H,9H2. The SMILES string of the molecule is Nc1c(Br)cc(S(=O)(=O)Cl)cc1[N+](=O)[O-]. The van der Waals surface area contributed by atoms with E-state index < -0.39 is 19.7 Å². The first-order valence-corrected chi connectivity index (χ1v) is 6.52. The van der Waals surface area contributed by atoms with Gasteiger partial charge < -0.3 is 5.73 Å².